The average molecular weight is 877 g/mol. The van der Waals surface area contributed by atoms with Gasteiger partial charge in [0.2, 0.25) is 0 Å². The van der Waals surface area contributed by atoms with Gasteiger partial charge in [0.15, 0.2) is 0 Å². The van der Waals surface area contributed by atoms with E-state index in [-0.39, 0.29) is 0 Å². The van der Waals surface area contributed by atoms with Gasteiger partial charge in [-0.3, -0.25) is 0 Å². The Labute approximate surface area is 401 Å². The van der Waals surface area contributed by atoms with Gasteiger partial charge in [0.05, 0.1) is 16.4 Å². The first kappa shape index (κ1) is 39.2. The average Bonchev–Trinajstić information content (AvgIpc) is 3.92. The molecule has 1 aliphatic rings. The van der Waals surface area contributed by atoms with E-state index in [0.29, 0.717) is 0 Å². The molecule has 14 rings (SSSR count). The van der Waals surface area contributed by atoms with Gasteiger partial charge in [-0.1, -0.05) is 206 Å². The molecule has 1 aliphatic carbocycles. The summed E-state index contributed by atoms with van der Waals surface area (Å²) in [5, 5.41) is 10.1. The van der Waals surface area contributed by atoms with Crippen LogP contribution in [-0.4, -0.2) is 4.57 Å². The third-order valence-corrected chi connectivity index (χ3v) is 14.8. The molecule has 0 saturated carbocycles. The molecule has 322 valence electrons. The molecule has 2 nitrogen and oxygen atoms in total. The lowest BCUT2D eigenvalue weighted by molar-refractivity contribution is 0.768. The predicted molar refractivity (Wildman–Crippen MR) is 291 cm³/mol. The van der Waals surface area contributed by atoms with Crippen LogP contribution in [0.2, 0.25) is 0 Å². The van der Waals surface area contributed by atoms with Crippen molar-refractivity contribution in [3.8, 4) is 27.9 Å². The smallest absolute Gasteiger partial charge is 0.0714 e. The molecule has 0 radical (unpaired) electrons. The van der Waals surface area contributed by atoms with Gasteiger partial charge >= 0.3 is 0 Å². The van der Waals surface area contributed by atoms with Crippen molar-refractivity contribution in [2.24, 2.45) is 0 Å². The highest BCUT2D eigenvalue weighted by atomic mass is 15.1. The highest BCUT2D eigenvalue weighted by Crippen LogP contribution is 2.59. The van der Waals surface area contributed by atoms with Crippen LogP contribution in [0.15, 0.2) is 267 Å². The largest absolute Gasteiger partial charge is 0.310 e. The zero-order chi connectivity index (χ0) is 45.5. The van der Waals surface area contributed by atoms with Gasteiger partial charge in [-0.05, 0) is 137 Å². The van der Waals surface area contributed by atoms with Gasteiger partial charge in [-0.2, -0.15) is 0 Å². The molecule has 13 aromatic rings. The molecule has 69 heavy (non-hydrogen) atoms. The Morgan fingerprint density at radius 1 is 0.290 bits per heavy atom. The van der Waals surface area contributed by atoms with Crippen LogP contribution in [0.3, 0.4) is 0 Å². The van der Waals surface area contributed by atoms with E-state index in [0.717, 1.165) is 22.7 Å². The minimum Gasteiger partial charge on any atom is -0.310 e. The highest BCUT2D eigenvalue weighted by molar-refractivity contribution is 6.26. The second-order valence-electron chi connectivity index (χ2n) is 18.3. The van der Waals surface area contributed by atoms with Crippen molar-refractivity contribution >= 4 is 71.2 Å². The molecule has 1 aromatic heterocycles. The first-order valence-electron chi connectivity index (χ1n) is 23.9. The molecular formula is C67H44N2. The lowest BCUT2D eigenvalue weighted by Gasteiger charge is -2.35. The topological polar surface area (TPSA) is 8.17 Å². The van der Waals surface area contributed by atoms with Crippen LogP contribution >= 0.6 is 0 Å². The Kier molecular flexibility index (Phi) is 8.84. The fourth-order valence-corrected chi connectivity index (χ4v) is 12.0. The first-order valence-corrected chi connectivity index (χ1v) is 23.9. The van der Waals surface area contributed by atoms with E-state index in [9.17, 15) is 0 Å². The molecule has 0 saturated heterocycles. The molecule has 0 amide bonds. The zero-order valence-corrected chi connectivity index (χ0v) is 37.8. The minimum atomic E-state index is -0.608. The van der Waals surface area contributed by atoms with E-state index in [1.54, 1.807) is 0 Å². The standard InChI is InChI=1S/C67H44N2/c1-4-19-46(20-5-1)67(47-21-6-2-7-22-47)62-32-18-31-52(45-35-37-49(38-36-45)69-64-33-16-14-29-58(64)59-30-15-17-34-65(59)69)66(62)60-42-40-51(44-63(60)67)68(48-23-8-3-9-24-48)50-39-41-57-55-27-11-10-25-53(55)54-26-12-13-28-56(54)61(57)43-50/h1-44H. The predicted octanol–water partition coefficient (Wildman–Crippen LogP) is 17.7. The van der Waals surface area contributed by atoms with Crippen molar-refractivity contribution in [1.29, 1.82) is 0 Å². The van der Waals surface area contributed by atoms with Crippen molar-refractivity contribution in [3.63, 3.8) is 0 Å². The summed E-state index contributed by atoms with van der Waals surface area (Å²) in [6.07, 6.45) is 0. The van der Waals surface area contributed by atoms with E-state index >= 15 is 0 Å². The molecule has 2 heteroatoms. The normalized spacial score (nSPS) is 12.8. The second kappa shape index (κ2) is 15.6. The van der Waals surface area contributed by atoms with Crippen molar-refractivity contribution in [1.82, 2.24) is 4.57 Å². The Morgan fingerprint density at radius 3 is 1.36 bits per heavy atom. The molecule has 1 heterocycles. The molecule has 0 unspecified atom stereocenters. The number of benzene rings is 12. The monoisotopic (exact) mass is 876 g/mol. The zero-order valence-electron chi connectivity index (χ0n) is 37.8. The molecule has 0 spiro atoms. The number of rotatable bonds is 7. The van der Waals surface area contributed by atoms with Gasteiger partial charge in [0, 0.05) is 33.5 Å². The first-order chi connectivity index (χ1) is 34.3. The summed E-state index contributed by atoms with van der Waals surface area (Å²) in [6.45, 7) is 0. The molecule has 12 aromatic carbocycles. The molecule has 0 aliphatic heterocycles. The number of fused-ring (bicyclic) bond motifs is 12. The summed E-state index contributed by atoms with van der Waals surface area (Å²) in [5.74, 6) is 0. The van der Waals surface area contributed by atoms with Gasteiger partial charge < -0.3 is 9.47 Å². The van der Waals surface area contributed by atoms with Crippen molar-refractivity contribution in [2.75, 3.05) is 4.90 Å². The lowest BCUT2D eigenvalue weighted by Crippen LogP contribution is -2.28. The summed E-state index contributed by atoms with van der Waals surface area (Å²) >= 11 is 0. The van der Waals surface area contributed by atoms with Gasteiger partial charge in [0.1, 0.15) is 0 Å². The maximum Gasteiger partial charge on any atom is 0.0714 e. The highest BCUT2D eigenvalue weighted by Gasteiger charge is 2.47. The van der Waals surface area contributed by atoms with Crippen LogP contribution in [0.4, 0.5) is 17.1 Å². The van der Waals surface area contributed by atoms with Crippen LogP contribution < -0.4 is 4.90 Å². The van der Waals surface area contributed by atoms with Crippen molar-refractivity contribution < 1.29 is 0 Å². The van der Waals surface area contributed by atoms with E-state index in [2.05, 4.69) is 276 Å². The van der Waals surface area contributed by atoms with Gasteiger partial charge in [-0.25, -0.2) is 0 Å². The number of nitrogens with zero attached hydrogens (tertiary/aromatic N) is 2. The number of aromatic nitrogens is 1. The number of hydrogen-bond acceptors (Lipinski definition) is 1. The molecular weight excluding hydrogens is 833 g/mol. The Hall–Kier alpha value is -8.98. The second-order valence-corrected chi connectivity index (χ2v) is 18.3. The van der Waals surface area contributed by atoms with Crippen molar-refractivity contribution in [2.45, 2.75) is 5.41 Å². The number of anilines is 3. The summed E-state index contributed by atoms with van der Waals surface area (Å²) in [7, 11) is 0. The van der Waals surface area contributed by atoms with E-state index in [1.807, 2.05) is 0 Å². The fourth-order valence-electron chi connectivity index (χ4n) is 12.0. The summed E-state index contributed by atoms with van der Waals surface area (Å²) in [6, 6.07) is 98.7. The van der Waals surface area contributed by atoms with E-state index in [4.69, 9.17) is 0 Å². The quantitative estimate of drug-likeness (QED) is 0.145. The SMILES string of the molecule is c1ccc(N(c2ccc3c(c2)C(c2ccccc2)(c2ccccc2)c2cccc(-c4ccc(-n5c6ccccc6c6ccccc65)cc4)c2-3)c2ccc3c4ccccc4c4ccccc4c3c2)cc1. The Bertz CT molecular complexity index is 3990. The van der Waals surface area contributed by atoms with Crippen LogP contribution in [0.5, 0.6) is 0 Å². The Balaban J connectivity index is 0.998. The number of hydrogen-bond donors (Lipinski definition) is 0. The summed E-state index contributed by atoms with van der Waals surface area (Å²) in [5.41, 5.74) is 16.2. The minimum absolute atomic E-state index is 0.608. The van der Waals surface area contributed by atoms with Gasteiger partial charge in [-0.15, -0.1) is 0 Å². The van der Waals surface area contributed by atoms with Crippen molar-refractivity contribution in [3.05, 3.63) is 289 Å². The number of para-hydroxylation sites is 3. The maximum absolute atomic E-state index is 2.49. The Morgan fingerprint density at radius 2 is 0.768 bits per heavy atom. The summed E-state index contributed by atoms with van der Waals surface area (Å²) < 4.78 is 2.40. The summed E-state index contributed by atoms with van der Waals surface area (Å²) in [4.78, 5) is 2.45. The molecule has 0 N–H and O–H groups in total. The lowest BCUT2D eigenvalue weighted by atomic mass is 9.67. The molecule has 0 bridgehead atoms. The fraction of sp³-hybridized carbons (Fsp3) is 0.0149. The van der Waals surface area contributed by atoms with Crippen LogP contribution in [-0.2, 0) is 5.41 Å². The van der Waals surface area contributed by atoms with Crippen LogP contribution in [0.25, 0.3) is 82.1 Å². The van der Waals surface area contributed by atoms with E-state index in [1.165, 1.54) is 98.6 Å². The van der Waals surface area contributed by atoms with Crippen LogP contribution in [0.1, 0.15) is 22.3 Å². The van der Waals surface area contributed by atoms with Crippen LogP contribution in [0, 0.1) is 0 Å². The maximum atomic E-state index is 2.49. The molecule has 0 fully saturated rings. The third-order valence-electron chi connectivity index (χ3n) is 14.8. The van der Waals surface area contributed by atoms with Gasteiger partial charge in [0.25, 0.3) is 0 Å². The molecule has 0 atom stereocenters. The van der Waals surface area contributed by atoms with E-state index < -0.39 is 5.41 Å². The third kappa shape index (κ3) is 5.86.